The Morgan fingerprint density at radius 2 is 2.00 bits per heavy atom. The summed E-state index contributed by atoms with van der Waals surface area (Å²) in [6.07, 6.45) is 1.86. The maximum Gasteiger partial charge on any atom is 0.339 e. The summed E-state index contributed by atoms with van der Waals surface area (Å²) in [5.74, 6) is -1.59. The van der Waals surface area contributed by atoms with E-state index < -0.39 is 21.8 Å². The van der Waals surface area contributed by atoms with E-state index in [-0.39, 0.29) is 42.1 Å². The molecule has 1 aromatic rings. The van der Waals surface area contributed by atoms with Crippen LogP contribution in [0, 0.1) is 5.82 Å². The third kappa shape index (κ3) is 5.37. The zero-order valence-corrected chi connectivity index (χ0v) is 16.2. The summed E-state index contributed by atoms with van der Waals surface area (Å²) >= 11 is 0. The molecule has 26 heavy (non-hydrogen) atoms. The largest absolute Gasteiger partial charge is 0.465 e. The van der Waals surface area contributed by atoms with E-state index in [0.717, 1.165) is 31.7 Å². The van der Waals surface area contributed by atoms with Crippen LogP contribution in [0.2, 0.25) is 0 Å². The number of carbonyl (C=O) groups is 1. The van der Waals surface area contributed by atoms with Crippen LogP contribution in [-0.2, 0) is 19.5 Å². The second kappa shape index (κ2) is 10.2. The lowest BCUT2D eigenvalue weighted by Crippen LogP contribution is -2.41. The second-order valence-corrected chi connectivity index (χ2v) is 7.65. The minimum absolute atomic E-state index is 0. The van der Waals surface area contributed by atoms with Crippen molar-refractivity contribution in [3.63, 3.8) is 0 Å². The van der Waals surface area contributed by atoms with Crippen LogP contribution < -0.4 is 5.73 Å². The summed E-state index contributed by atoms with van der Waals surface area (Å²) in [5, 5.41) is 0. The molecule has 0 aliphatic carbocycles. The first-order valence-electron chi connectivity index (χ1n) is 8.10. The Labute approximate surface area is 159 Å². The number of rotatable bonds is 7. The van der Waals surface area contributed by atoms with E-state index in [1.54, 1.807) is 0 Å². The predicted molar refractivity (Wildman–Crippen MR) is 96.4 cm³/mol. The molecule has 0 amide bonds. The van der Waals surface area contributed by atoms with Gasteiger partial charge < -0.3 is 15.2 Å². The normalized spacial score (nSPS) is 16.1. The number of nitrogens with zero attached hydrogens (tertiary/aromatic N) is 1. The summed E-state index contributed by atoms with van der Waals surface area (Å²) in [5.41, 5.74) is 5.11. The van der Waals surface area contributed by atoms with Gasteiger partial charge in [-0.1, -0.05) is 0 Å². The van der Waals surface area contributed by atoms with E-state index in [9.17, 15) is 17.6 Å². The van der Waals surface area contributed by atoms with E-state index in [2.05, 4.69) is 4.74 Å². The van der Waals surface area contributed by atoms with Crippen LogP contribution in [0.15, 0.2) is 23.1 Å². The number of sulfonamides is 1. The van der Waals surface area contributed by atoms with Crippen LogP contribution >= 0.6 is 12.4 Å². The number of hydrogen-bond donors (Lipinski definition) is 1. The fraction of sp³-hybridized carbons (Fsp3) is 0.562. The third-order valence-corrected chi connectivity index (χ3v) is 6.02. The summed E-state index contributed by atoms with van der Waals surface area (Å²) < 4.78 is 50.6. The lowest BCUT2D eigenvalue weighted by Gasteiger charge is -2.31. The minimum atomic E-state index is -3.92. The van der Waals surface area contributed by atoms with Crippen molar-refractivity contribution in [2.24, 2.45) is 5.73 Å². The van der Waals surface area contributed by atoms with Crippen LogP contribution in [0.25, 0.3) is 0 Å². The van der Waals surface area contributed by atoms with Gasteiger partial charge in [0.25, 0.3) is 0 Å². The molecule has 7 nitrogen and oxygen atoms in total. The molecule has 2 N–H and O–H groups in total. The molecule has 0 unspecified atom stereocenters. The highest BCUT2D eigenvalue weighted by molar-refractivity contribution is 7.89. The van der Waals surface area contributed by atoms with Gasteiger partial charge in [0.05, 0.1) is 23.7 Å². The second-order valence-electron chi connectivity index (χ2n) is 5.75. The van der Waals surface area contributed by atoms with Crippen LogP contribution in [0.1, 0.15) is 29.6 Å². The Morgan fingerprint density at radius 1 is 1.35 bits per heavy atom. The van der Waals surface area contributed by atoms with Crippen LogP contribution in [0.3, 0.4) is 0 Å². The number of nitrogens with two attached hydrogens (primary N) is 1. The zero-order valence-electron chi connectivity index (χ0n) is 14.5. The first-order valence-corrected chi connectivity index (χ1v) is 9.54. The van der Waals surface area contributed by atoms with E-state index in [1.807, 2.05) is 0 Å². The summed E-state index contributed by atoms with van der Waals surface area (Å²) in [6.45, 7) is 1.65. The molecule has 148 valence electrons. The molecule has 0 aromatic heterocycles. The number of esters is 1. The molecule has 10 heteroatoms. The van der Waals surface area contributed by atoms with Gasteiger partial charge in [-0.25, -0.2) is 17.6 Å². The molecule has 2 rings (SSSR count). The average Bonchev–Trinajstić information content (AvgIpc) is 2.61. The Balaban J connectivity index is 0.00000338. The molecule has 1 aliphatic rings. The van der Waals surface area contributed by atoms with Gasteiger partial charge >= 0.3 is 5.97 Å². The molecular formula is C16H24ClFN2O5S. The van der Waals surface area contributed by atoms with Gasteiger partial charge in [0.15, 0.2) is 0 Å². The number of hydrogen-bond acceptors (Lipinski definition) is 6. The van der Waals surface area contributed by atoms with Crippen molar-refractivity contribution in [3.05, 3.63) is 29.6 Å². The third-order valence-electron chi connectivity index (χ3n) is 4.07. The highest BCUT2D eigenvalue weighted by Gasteiger charge is 2.33. The van der Waals surface area contributed by atoms with Crippen molar-refractivity contribution in [3.8, 4) is 0 Å². The number of carbonyl (C=O) groups excluding carboxylic acids is 1. The average molecular weight is 411 g/mol. The smallest absolute Gasteiger partial charge is 0.339 e. The molecule has 0 spiro atoms. The Bertz CT molecular complexity index is 709. The highest BCUT2D eigenvalue weighted by Crippen LogP contribution is 2.25. The van der Waals surface area contributed by atoms with Crippen molar-refractivity contribution in [1.82, 2.24) is 4.31 Å². The maximum absolute atomic E-state index is 13.4. The number of methoxy groups -OCH3 is 1. The Morgan fingerprint density at radius 3 is 2.58 bits per heavy atom. The molecule has 1 aromatic carbocycles. The van der Waals surface area contributed by atoms with Gasteiger partial charge in [0.2, 0.25) is 10.0 Å². The fourth-order valence-electron chi connectivity index (χ4n) is 2.71. The maximum atomic E-state index is 13.4. The number of benzene rings is 1. The summed E-state index contributed by atoms with van der Waals surface area (Å²) in [6, 6.07) is 2.99. The van der Waals surface area contributed by atoms with Crippen LogP contribution in [0.4, 0.5) is 4.39 Å². The van der Waals surface area contributed by atoms with Crippen molar-refractivity contribution >= 4 is 28.4 Å². The number of halogens is 2. The SMILES string of the molecule is COC(=O)c1cc(F)ccc1S(=O)(=O)N1CCC(OCCCN)CC1.Cl. The van der Waals surface area contributed by atoms with E-state index in [0.29, 0.717) is 26.0 Å². The molecule has 1 heterocycles. The van der Waals surface area contributed by atoms with E-state index >= 15 is 0 Å². The molecule has 1 saturated heterocycles. The standard InChI is InChI=1S/C16H23FN2O5S.ClH/c1-23-16(20)14-11-12(17)3-4-15(14)25(21,22)19-8-5-13(6-9-19)24-10-2-7-18;/h3-4,11,13H,2,5-10,18H2,1H3;1H. The Hall–Kier alpha value is -1.26. The van der Waals surface area contributed by atoms with Crippen molar-refractivity contribution in [2.45, 2.75) is 30.3 Å². The van der Waals surface area contributed by atoms with E-state index in [1.165, 1.54) is 4.31 Å². The van der Waals surface area contributed by atoms with Gasteiger partial charge in [-0.3, -0.25) is 0 Å². The lowest BCUT2D eigenvalue weighted by atomic mass is 10.1. The summed E-state index contributed by atoms with van der Waals surface area (Å²) in [4.78, 5) is 11.6. The molecule has 0 bridgehead atoms. The molecule has 0 radical (unpaired) electrons. The molecule has 0 atom stereocenters. The number of piperidine rings is 1. The lowest BCUT2D eigenvalue weighted by molar-refractivity contribution is 0.0208. The van der Waals surface area contributed by atoms with Crippen molar-refractivity contribution in [1.29, 1.82) is 0 Å². The quantitative estimate of drug-likeness (QED) is 0.541. The van der Waals surface area contributed by atoms with Crippen molar-refractivity contribution < 1.29 is 27.1 Å². The van der Waals surface area contributed by atoms with E-state index in [4.69, 9.17) is 10.5 Å². The molecule has 1 fully saturated rings. The summed E-state index contributed by atoms with van der Waals surface area (Å²) in [7, 11) is -2.80. The molecular weight excluding hydrogens is 387 g/mol. The van der Waals surface area contributed by atoms with Crippen LogP contribution in [0.5, 0.6) is 0 Å². The first-order chi connectivity index (χ1) is 11.9. The zero-order chi connectivity index (χ0) is 18.4. The van der Waals surface area contributed by atoms with Gasteiger partial charge in [-0.2, -0.15) is 4.31 Å². The number of ether oxygens (including phenoxy) is 2. The first kappa shape index (κ1) is 22.8. The highest BCUT2D eigenvalue weighted by atomic mass is 35.5. The van der Waals surface area contributed by atoms with Gasteiger partial charge in [0, 0.05) is 19.7 Å². The fourth-order valence-corrected chi connectivity index (χ4v) is 4.34. The van der Waals surface area contributed by atoms with Gasteiger partial charge in [0.1, 0.15) is 5.82 Å². The minimum Gasteiger partial charge on any atom is -0.465 e. The van der Waals surface area contributed by atoms with Gasteiger partial charge in [-0.15, -0.1) is 12.4 Å². The van der Waals surface area contributed by atoms with Gasteiger partial charge in [-0.05, 0) is 44.0 Å². The predicted octanol–water partition coefficient (Wildman–Crippen LogP) is 1.55. The Kier molecular flexibility index (Phi) is 8.91. The van der Waals surface area contributed by atoms with Crippen molar-refractivity contribution in [2.75, 3.05) is 33.4 Å². The molecule has 1 aliphatic heterocycles. The molecule has 0 saturated carbocycles. The monoisotopic (exact) mass is 410 g/mol. The topological polar surface area (TPSA) is 98.9 Å². The van der Waals surface area contributed by atoms with Crippen LogP contribution in [-0.4, -0.2) is 58.1 Å².